The first-order valence-electron chi connectivity index (χ1n) is 6.92. The zero-order valence-corrected chi connectivity index (χ0v) is 11.6. The number of halogens is 1. The number of benzene rings is 1. The molecule has 1 saturated carbocycles. The summed E-state index contributed by atoms with van der Waals surface area (Å²) in [7, 11) is 1.45. The van der Waals surface area contributed by atoms with Gasteiger partial charge in [-0.3, -0.25) is 4.79 Å². The Morgan fingerprint density at radius 1 is 1.45 bits per heavy atom. The van der Waals surface area contributed by atoms with E-state index in [4.69, 9.17) is 9.84 Å². The summed E-state index contributed by atoms with van der Waals surface area (Å²) in [5, 5.41) is 9.14. The number of aliphatic hydroxyl groups excluding tert-OH is 1. The summed E-state index contributed by atoms with van der Waals surface area (Å²) in [4.78, 5) is 14.1. The molecule has 0 radical (unpaired) electrons. The van der Waals surface area contributed by atoms with Crippen molar-refractivity contribution in [2.75, 3.05) is 20.3 Å². The molecule has 2 rings (SSSR count). The summed E-state index contributed by atoms with van der Waals surface area (Å²) in [5.41, 5.74) is 0.0335. The summed E-state index contributed by atoms with van der Waals surface area (Å²) >= 11 is 0. The van der Waals surface area contributed by atoms with Gasteiger partial charge in [0.1, 0.15) is 11.6 Å². The highest BCUT2D eigenvalue weighted by molar-refractivity contribution is 5.94. The number of methoxy groups -OCH3 is 1. The van der Waals surface area contributed by atoms with E-state index in [-0.39, 0.29) is 30.7 Å². The van der Waals surface area contributed by atoms with Crippen LogP contribution >= 0.6 is 0 Å². The number of amides is 1. The van der Waals surface area contributed by atoms with Crippen LogP contribution in [-0.4, -0.2) is 42.2 Å². The number of carbonyl (C=O) groups is 1. The predicted molar refractivity (Wildman–Crippen MR) is 73.3 cm³/mol. The zero-order chi connectivity index (χ0) is 14.5. The summed E-state index contributed by atoms with van der Waals surface area (Å²) < 4.78 is 18.9. The minimum absolute atomic E-state index is 0.0335. The molecule has 1 aliphatic carbocycles. The quantitative estimate of drug-likeness (QED) is 0.900. The Morgan fingerprint density at radius 3 is 2.70 bits per heavy atom. The van der Waals surface area contributed by atoms with Gasteiger partial charge in [0.25, 0.3) is 5.91 Å². The lowest BCUT2D eigenvalue weighted by molar-refractivity contribution is 0.0633. The molecule has 5 heteroatoms. The largest absolute Gasteiger partial charge is 0.497 e. The topological polar surface area (TPSA) is 49.8 Å². The maximum Gasteiger partial charge on any atom is 0.257 e. The van der Waals surface area contributed by atoms with Crippen molar-refractivity contribution in [2.45, 2.75) is 31.7 Å². The van der Waals surface area contributed by atoms with Crippen LogP contribution in [0.1, 0.15) is 36.0 Å². The highest BCUT2D eigenvalue weighted by atomic mass is 19.1. The molecule has 1 fully saturated rings. The number of aliphatic hydroxyl groups is 1. The van der Waals surface area contributed by atoms with Crippen LogP contribution in [0.4, 0.5) is 4.39 Å². The van der Waals surface area contributed by atoms with Gasteiger partial charge in [-0.1, -0.05) is 12.8 Å². The van der Waals surface area contributed by atoms with Gasteiger partial charge in [0, 0.05) is 18.7 Å². The van der Waals surface area contributed by atoms with Gasteiger partial charge >= 0.3 is 0 Å². The number of carbonyl (C=O) groups excluding carboxylic acids is 1. The lowest BCUT2D eigenvalue weighted by Gasteiger charge is -2.28. The Labute approximate surface area is 118 Å². The first-order chi connectivity index (χ1) is 9.67. The average Bonchev–Trinajstić information content (AvgIpc) is 2.97. The van der Waals surface area contributed by atoms with E-state index < -0.39 is 5.82 Å². The summed E-state index contributed by atoms with van der Waals surface area (Å²) in [5.74, 6) is -0.560. The second-order valence-corrected chi connectivity index (χ2v) is 5.01. The fraction of sp³-hybridized carbons (Fsp3) is 0.533. The van der Waals surface area contributed by atoms with E-state index in [1.165, 1.54) is 19.2 Å². The second-order valence-electron chi connectivity index (χ2n) is 5.01. The minimum Gasteiger partial charge on any atom is -0.497 e. The van der Waals surface area contributed by atoms with Crippen molar-refractivity contribution in [1.82, 2.24) is 4.90 Å². The Hall–Kier alpha value is -1.62. The molecule has 1 amide bonds. The van der Waals surface area contributed by atoms with Crippen LogP contribution in [0.3, 0.4) is 0 Å². The lowest BCUT2D eigenvalue weighted by atomic mass is 10.1. The van der Waals surface area contributed by atoms with Crippen molar-refractivity contribution in [3.63, 3.8) is 0 Å². The summed E-state index contributed by atoms with van der Waals surface area (Å²) in [6.45, 7) is 0.134. The van der Waals surface area contributed by atoms with Crippen molar-refractivity contribution in [2.24, 2.45) is 0 Å². The molecule has 0 aromatic heterocycles. The van der Waals surface area contributed by atoms with Crippen LogP contribution in [0.2, 0.25) is 0 Å². The molecule has 0 atom stereocenters. The molecule has 1 aromatic rings. The molecule has 1 aliphatic rings. The SMILES string of the molecule is COc1ccc(C(=O)N(CCO)C2CCCC2)c(F)c1. The molecule has 1 aromatic carbocycles. The normalized spacial score (nSPS) is 15.3. The average molecular weight is 281 g/mol. The summed E-state index contributed by atoms with van der Waals surface area (Å²) in [6, 6.07) is 4.33. The van der Waals surface area contributed by atoms with Crippen LogP contribution in [0.15, 0.2) is 18.2 Å². The van der Waals surface area contributed by atoms with Gasteiger partial charge in [-0.15, -0.1) is 0 Å². The van der Waals surface area contributed by atoms with E-state index >= 15 is 0 Å². The number of hydrogen-bond acceptors (Lipinski definition) is 3. The van der Waals surface area contributed by atoms with Crippen LogP contribution in [-0.2, 0) is 0 Å². The van der Waals surface area contributed by atoms with Gasteiger partial charge in [-0.05, 0) is 25.0 Å². The second kappa shape index (κ2) is 6.70. The third-order valence-electron chi connectivity index (χ3n) is 3.77. The van der Waals surface area contributed by atoms with E-state index in [0.717, 1.165) is 25.7 Å². The standard InChI is InChI=1S/C15H20FNO3/c1-20-12-6-7-13(14(16)10-12)15(19)17(8-9-18)11-4-2-3-5-11/h6-7,10-11,18H,2-5,8-9H2,1H3. The van der Waals surface area contributed by atoms with Gasteiger partial charge < -0.3 is 14.7 Å². The van der Waals surface area contributed by atoms with Crippen LogP contribution in [0.25, 0.3) is 0 Å². The number of rotatable bonds is 5. The summed E-state index contributed by atoms with van der Waals surface area (Å²) in [6.07, 6.45) is 3.99. The van der Waals surface area contributed by atoms with Gasteiger partial charge in [-0.2, -0.15) is 0 Å². The van der Waals surface area contributed by atoms with E-state index in [2.05, 4.69) is 0 Å². The van der Waals surface area contributed by atoms with Gasteiger partial charge in [0.05, 0.1) is 19.3 Å². The van der Waals surface area contributed by atoms with E-state index in [1.807, 2.05) is 0 Å². The molecule has 0 unspecified atom stereocenters. The first-order valence-corrected chi connectivity index (χ1v) is 6.92. The fourth-order valence-electron chi connectivity index (χ4n) is 2.72. The maximum absolute atomic E-state index is 14.0. The van der Waals surface area contributed by atoms with Crippen LogP contribution in [0, 0.1) is 5.82 Å². The molecule has 0 saturated heterocycles. The molecule has 0 heterocycles. The molecule has 0 bridgehead atoms. The van der Waals surface area contributed by atoms with Gasteiger partial charge in [0.15, 0.2) is 0 Å². The van der Waals surface area contributed by atoms with Crippen molar-refractivity contribution >= 4 is 5.91 Å². The number of hydrogen-bond donors (Lipinski definition) is 1. The lowest BCUT2D eigenvalue weighted by Crippen LogP contribution is -2.41. The van der Waals surface area contributed by atoms with E-state index in [0.29, 0.717) is 5.75 Å². The van der Waals surface area contributed by atoms with Crippen molar-refractivity contribution < 1.29 is 19.0 Å². The molecule has 1 N–H and O–H groups in total. The highest BCUT2D eigenvalue weighted by Gasteiger charge is 2.28. The molecular formula is C15H20FNO3. The Balaban J connectivity index is 2.22. The molecule has 110 valence electrons. The van der Waals surface area contributed by atoms with E-state index in [1.54, 1.807) is 11.0 Å². The molecular weight excluding hydrogens is 261 g/mol. The molecule has 0 aliphatic heterocycles. The minimum atomic E-state index is -0.588. The Kier molecular flexibility index (Phi) is 4.95. The fourth-order valence-corrected chi connectivity index (χ4v) is 2.72. The van der Waals surface area contributed by atoms with E-state index in [9.17, 15) is 9.18 Å². The zero-order valence-electron chi connectivity index (χ0n) is 11.6. The number of ether oxygens (including phenoxy) is 1. The van der Waals surface area contributed by atoms with Crippen LogP contribution < -0.4 is 4.74 Å². The monoisotopic (exact) mass is 281 g/mol. The molecule has 4 nitrogen and oxygen atoms in total. The van der Waals surface area contributed by atoms with Gasteiger partial charge in [0.2, 0.25) is 0 Å². The van der Waals surface area contributed by atoms with Crippen LogP contribution in [0.5, 0.6) is 5.75 Å². The van der Waals surface area contributed by atoms with Crippen molar-refractivity contribution in [1.29, 1.82) is 0 Å². The Morgan fingerprint density at radius 2 is 2.15 bits per heavy atom. The third-order valence-corrected chi connectivity index (χ3v) is 3.77. The predicted octanol–water partition coefficient (Wildman–Crippen LogP) is 2.21. The first kappa shape index (κ1) is 14.8. The maximum atomic E-state index is 14.0. The third kappa shape index (κ3) is 3.10. The highest BCUT2D eigenvalue weighted by Crippen LogP contribution is 2.26. The van der Waals surface area contributed by atoms with Crippen molar-refractivity contribution in [3.8, 4) is 5.75 Å². The number of nitrogens with zero attached hydrogens (tertiary/aromatic N) is 1. The van der Waals surface area contributed by atoms with Crippen molar-refractivity contribution in [3.05, 3.63) is 29.6 Å². The Bertz CT molecular complexity index is 472. The smallest absolute Gasteiger partial charge is 0.257 e. The van der Waals surface area contributed by atoms with Gasteiger partial charge in [-0.25, -0.2) is 4.39 Å². The molecule has 0 spiro atoms. The molecule has 20 heavy (non-hydrogen) atoms.